The summed E-state index contributed by atoms with van der Waals surface area (Å²) in [6.45, 7) is 11.9. The summed E-state index contributed by atoms with van der Waals surface area (Å²) in [6, 6.07) is 1.03. The average Bonchev–Trinajstić information content (AvgIpc) is 2.30. The Labute approximate surface area is 113 Å². The molecule has 5 nitrogen and oxygen atoms in total. The monoisotopic (exact) mass is 277 g/mol. The largest absolute Gasteiger partial charge is 0.395 e. The summed E-state index contributed by atoms with van der Waals surface area (Å²) in [5.41, 5.74) is 11.2. The van der Waals surface area contributed by atoms with E-state index in [0.29, 0.717) is 13.1 Å². The summed E-state index contributed by atoms with van der Waals surface area (Å²) >= 11 is 0. The third-order valence-corrected chi connectivity index (χ3v) is 5.96. The van der Waals surface area contributed by atoms with Gasteiger partial charge in [0.2, 0.25) is 0 Å². The van der Waals surface area contributed by atoms with Crippen LogP contribution in [0.1, 0.15) is 20.3 Å². The second kappa shape index (κ2) is 10.9. The second-order valence-corrected chi connectivity index (χ2v) is 7.87. The van der Waals surface area contributed by atoms with Crippen LogP contribution in [0.25, 0.3) is 0 Å². The molecule has 0 fully saturated rings. The molecule has 0 rings (SSSR count). The van der Waals surface area contributed by atoms with Crippen LogP contribution >= 0.6 is 0 Å². The van der Waals surface area contributed by atoms with Gasteiger partial charge in [-0.25, -0.2) is 0 Å². The molecule has 0 radical (unpaired) electrons. The van der Waals surface area contributed by atoms with E-state index in [4.69, 9.17) is 20.3 Å². The Morgan fingerprint density at radius 1 is 0.944 bits per heavy atom. The van der Waals surface area contributed by atoms with Gasteiger partial charge in [0.25, 0.3) is 0 Å². The molecule has 0 saturated carbocycles. The Balaban J connectivity index is 4.01. The quantitative estimate of drug-likeness (QED) is 0.515. The highest BCUT2D eigenvalue weighted by molar-refractivity contribution is 6.66. The van der Waals surface area contributed by atoms with E-state index in [9.17, 15) is 0 Å². The van der Waals surface area contributed by atoms with Crippen LogP contribution in [-0.4, -0.2) is 59.4 Å². The number of nitrogens with zero attached hydrogens (tertiary/aromatic N) is 1. The fraction of sp³-hybridized carbons (Fsp3) is 1.00. The predicted octanol–water partition coefficient (Wildman–Crippen LogP) is 0.741. The summed E-state index contributed by atoms with van der Waals surface area (Å²) in [5, 5.41) is 0. The smallest absolute Gasteiger partial charge is 0.334 e. The Morgan fingerprint density at radius 3 is 1.83 bits per heavy atom. The Bertz CT molecular complexity index is 184. The third-order valence-electron chi connectivity index (χ3n) is 2.90. The first-order valence-electron chi connectivity index (χ1n) is 7.02. The van der Waals surface area contributed by atoms with Gasteiger partial charge >= 0.3 is 8.56 Å². The first-order valence-corrected chi connectivity index (χ1v) is 9.54. The van der Waals surface area contributed by atoms with Crippen molar-refractivity contribution in [3.8, 4) is 0 Å². The van der Waals surface area contributed by atoms with Crippen LogP contribution in [0.2, 0.25) is 12.6 Å². The SMILES string of the molecule is CCO[Si](C)(CCCN(CCN)CCN)OCC. The summed E-state index contributed by atoms with van der Waals surface area (Å²) in [5.74, 6) is 0. The average molecular weight is 277 g/mol. The molecule has 0 aliphatic heterocycles. The molecule has 0 spiro atoms. The molecular weight excluding hydrogens is 246 g/mol. The highest BCUT2D eigenvalue weighted by Gasteiger charge is 2.30. The van der Waals surface area contributed by atoms with Crippen LogP contribution in [-0.2, 0) is 8.85 Å². The normalized spacial score (nSPS) is 12.3. The molecule has 0 aromatic carbocycles. The predicted molar refractivity (Wildman–Crippen MR) is 78.8 cm³/mol. The molecule has 6 heteroatoms. The third kappa shape index (κ3) is 8.18. The molecule has 0 aliphatic rings. The minimum absolute atomic E-state index is 0.686. The number of hydrogen-bond acceptors (Lipinski definition) is 5. The summed E-state index contributed by atoms with van der Waals surface area (Å²) < 4.78 is 11.6. The molecule has 0 saturated heterocycles. The topological polar surface area (TPSA) is 73.7 Å². The van der Waals surface area contributed by atoms with Gasteiger partial charge in [-0.05, 0) is 39.4 Å². The van der Waals surface area contributed by atoms with E-state index in [-0.39, 0.29) is 0 Å². The maximum atomic E-state index is 5.82. The molecule has 4 N–H and O–H groups in total. The minimum atomic E-state index is -1.95. The molecule has 0 aromatic heterocycles. The lowest BCUT2D eigenvalue weighted by molar-refractivity contribution is 0.185. The van der Waals surface area contributed by atoms with E-state index >= 15 is 0 Å². The van der Waals surface area contributed by atoms with Gasteiger partial charge < -0.3 is 25.2 Å². The van der Waals surface area contributed by atoms with Crippen molar-refractivity contribution in [2.75, 3.05) is 45.9 Å². The van der Waals surface area contributed by atoms with Crippen LogP contribution < -0.4 is 11.5 Å². The van der Waals surface area contributed by atoms with Gasteiger partial charge in [-0.3, -0.25) is 0 Å². The van der Waals surface area contributed by atoms with Crippen LogP contribution in [0.3, 0.4) is 0 Å². The van der Waals surface area contributed by atoms with Gasteiger partial charge in [0.05, 0.1) is 0 Å². The number of hydrogen-bond donors (Lipinski definition) is 2. The van der Waals surface area contributed by atoms with Crippen molar-refractivity contribution >= 4 is 8.56 Å². The van der Waals surface area contributed by atoms with Crippen molar-refractivity contribution in [1.29, 1.82) is 0 Å². The number of rotatable bonds is 12. The zero-order valence-corrected chi connectivity index (χ0v) is 13.3. The van der Waals surface area contributed by atoms with Crippen molar-refractivity contribution in [3.63, 3.8) is 0 Å². The van der Waals surface area contributed by atoms with E-state index in [0.717, 1.165) is 45.3 Å². The first kappa shape index (κ1) is 18.0. The van der Waals surface area contributed by atoms with Crippen molar-refractivity contribution in [1.82, 2.24) is 4.90 Å². The van der Waals surface area contributed by atoms with E-state index in [1.807, 2.05) is 13.8 Å². The number of nitrogens with two attached hydrogens (primary N) is 2. The van der Waals surface area contributed by atoms with Gasteiger partial charge in [-0.2, -0.15) is 0 Å². The van der Waals surface area contributed by atoms with E-state index < -0.39 is 8.56 Å². The molecule has 0 bridgehead atoms. The fourth-order valence-electron chi connectivity index (χ4n) is 2.12. The van der Waals surface area contributed by atoms with Crippen molar-refractivity contribution in [3.05, 3.63) is 0 Å². The van der Waals surface area contributed by atoms with Gasteiger partial charge in [-0.1, -0.05) is 0 Å². The van der Waals surface area contributed by atoms with E-state index in [1.54, 1.807) is 0 Å². The van der Waals surface area contributed by atoms with Crippen LogP contribution in [0.5, 0.6) is 0 Å². The lowest BCUT2D eigenvalue weighted by atomic mass is 10.4. The summed E-state index contributed by atoms with van der Waals surface area (Å²) in [6.07, 6.45) is 1.09. The van der Waals surface area contributed by atoms with Crippen LogP contribution in [0, 0.1) is 0 Å². The Morgan fingerprint density at radius 2 is 1.44 bits per heavy atom. The van der Waals surface area contributed by atoms with Crippen LogP contribution in [0.4, 0.5) is 0 Å². The molecule has 18 heavy (non-hydrogen) atoms. The molecule has 0 aliphatic carbocycles. The zero-order chi connectivity index (χ0) is 13.9. The second-order valence-electron chi connectivity index (χ2n) is 4.52. The fourth-order valence-corrected chi connectivity index (χ4v) is 4.51. The highest BCUT2D eigenvalue weighted by atomic mass is 28.4. The van der Waals surface area contributed by atoms with E-state index in [2.05, 4.69) is 11.4 Å². The lowest BCUT2D eigenvalue weighted by Crippen LogP contribution is -2.40. The maximum Gasteiger partial charge on any atom is 0.334 e. The van der Waals surface area contributed by atoms with Crippen molar-refractivity contribution < 1.29 is 8.85 Å². The molecular formula is C12H31N3O2Si. The molecule has 110 valence electrons. The van der Waals surface area contributed by atoms with E-state index in [1.165, 1.54) is 0 Å². The van der Waals surface area contributed by atoms with Gasteiger partial charge in [-0.15, -0.1) is 0 Å². The molecule has 0 unspecified atom stereocenters. The lowest BCUT2D eigenvalue weighted by Gasteiger charge is -2.27. The Kier molecular flexibility index (Phi) is 10.9. The molecule has 0 atom stereocenters. The van der Waals surface area contributed by atoms with Crippen molar-refractivity contribution in [2.24, 2.45) is 11.5 Å². The summed E-state index contributed by atoms with van der Waals surface area (Å²) in [4.78, 5) is 2.31. The first-order chi connectivity index (χ1) is 8.61. The van der Waals surface area contributed by atoms with Crippen LogP contribution in [0.15, 0.2) is 0 Å². The maximum absolute atomic E-state index is 5.82. The zero-order valence-electron chi connectivity index (χ0n) is 12.3. The minimum Gasteiger partial charge on any atom is -0.395 e. The highest BCUT2D eigenvalue weighted by Crippen LogP contribution is 2.16. The standard InChI is InChI=1S/C12H31N3O2Si/c1-4-16-18(3,17-5-2)12-6-9-15(10-7-13)11-8-14/h4-14H2,1-3H3. The van der Waals surface area contributed by atoms with Gasteiger partial charge in [0, 0.05) is 39.4 Å². The van der Waals surface area contributed by atoms with Gasteiger partial charge in [0.1, 0.15) is 0 Å². The Hall–Kier alpha value is 0.0169. The molecule has 0 aromatic rings. The van der Waals surface area contributed by atoms with Crippen molar-refractivity contribution in [2.45, 2.75) is 32.9 Å². The van der Waals surface area contributed by atoms with Gasteiger partial charge in [0.15, 0.2) is 0 Å². The summed E-state index contributed by atoms with van der Waals surface area (Å²) in [7, 11) is -1.95. The molecule has 0 amide bonds. The molecule has 0 heterocycles.